The van der Waals surface area contributed by atoms with Gasteiger partial charge in [0.2, 0.25) is 0 Å². The summed E-state index contributed by atoms with van der Waals surface area (Å²) in [5, 5.41) is 0. The highest BCUT2D eigenvalue weighted by Gasteiger charge is 2.04. The van der Waals surface area contributed by atoms with Gasteiger partial charge in [-0.25, -0.2) is 0 Å². The Morgan fingerprint density at radius 2 is 2.50 bits per heavy atom. The zero-order chi connectivity index (χ0) is 6.15. The van der Waals surface area contributed by atoms with Crippen LogP contribution in [0.2, 0.25) is 4.34 Å². The van der Waals surface area contributed by atoms with Crippen LogP contribution in [-0.2, 0) is 0 Å². The van der Waals surface area contributed by atoms with Crippen LogP contribution in [0.25, 0.3) is 0 Å². The summed E-state index contributed by atoms with van der Waals surface area (Å²) in [5.41, 5.74) is 0.730. The average molecular weight is 150 g/mol. The highest BCUT2D eigenvalue weighted by molar-refractivity contribution is 7.23. The summed E-state index contributed by atoms with van der Waals surface area (Å²) in [6.07, 6.45) is 0. The maximum Gasteiger partial charge on any atom is 0.266 e. The molecule has 0 aromatic carbocycles. The lowest BCUT2D eigenvalue weighted by molar-refractivity contribution is 0.591. The highest BCUT2D eigenvalue weighted by atomic mass is 35.5. The van der Waals surface area contributed by atoms with Crippen molar-refractivity contribution in [2.75, 3.05) is 0 Å². The van der Waals surface area contributed by atoms with Crippen molar-refractivity contribution in [2.24, 2.45) is 0 Å². The van der Waals surface area contributed by atoms with Crippen LogP contribution in [0.1, 0.15) is 5.69 Å². The van der Waals surface area contributed by atoms with E-state index >= 15 is 0 Å². The Morgan fingerprint density at radius 3 is 2.62 bits per heavy atom. The Morgan fingerprint density at radius 1 is 1.88 bits per heavy atom. The Hall–Kier alpha value is -0.120. The molecule has 0 aliphatic rings. The molecule has 2 nitrogen and oxygen atoms in total. The number of hydrogen-bond donors (Lipinski definition) is 0. The van der Waals surface area contributed by atoms with E-state index in [0.717, 1.165) is 5.69 Å². The van der Waals surface area contributed by atoms with Crippen molar-refractivity contribution in [2.45, 2.75) is 6.92 Å². The molecule has 0 spiro atoms. The maximum absolute atomic E-state index is 10.5. The molecule has 4 heteroatoms. The summed E-state index contributed by atoms with van der Waals surface area (Å²) < 4.78 is 14.5. The van der Waals surface area contributed by atoms with Gasteiger partial charge in [-0.3, -0.25) is 0 Å². The van der Waals surface area contributed by atoms with Crippen LogP contribution in [-0.4, -0.2) is 8.93 Å². The average Bonchev–Trinajstić information content (AvgIpc) is 1.85. The van der Waals surface area contributed by atoms with Gasteiger partial charge in [-0.15, -0.1) is 0 Å². The number of aromatic nitrogens is 1. The van der Waals surface area contributed by atoms with E-state index in [2.05, 4.69) is 4.37 Å². The molecule has 0 aliphatic heterocycles. The van der Waals surface area contributed by atoms with Crippen molar-refractivity contribution in [3.8, 4) is 0 Å². The minimum absolute atomic E-state index is 0.322. The van der Waals surface area contributed by atoms with Crippen molar-refractivity contribution in [1.29, 1.82) is 0 Å². The van der Waals surface area contributed by atoms with Crippen LogP contribution < -0.4 is 0 Å². The normalized spacial score (nSPS) is 12.1. The first kappa shape index (κ1) is 6.01. The van der Waals surface area contributed by atoms with Gasteiger partial charge in [0.1, 0.15) is 0 Å². The summed E-state index contributed by atoms with van der Waals surface area (Å²) in [6.45, 7) is 1.76. The molecular formula is C4H4ClNOS. The third-order valence-corrected chi connectivity index (χ3v) is 2.13. The highest BCUT2D eigenvalue weighted by Crippen LogP contribution is 2.23. The van der Waals surface area contributed by atoms with Crippen LogP contribution in [0.3, 0.4) is 0 Å². The fraction of sp³-hybridized carbons (Fsp3) is 0.250. The van der Waals surface area contributed by atoms with Gasteiger partial charge in [-0.05, 0) is 22.9 Å². The molecule has 0 saturated heterocycles. The van der Waals surface area contributed by atoms with E-state index in [1.54, 1.807) is 13.0 Å². The molecule has 0 saturated carbocycles. The molecule has 1 aromatic rings. The van der Waals surface area contributed by atoms with Crippen molar-refractivity contribution >= 4 is 22.5 Å². The smallest absolute Gasteiger partial charge is 0.266 e. The van der Waals surface area contributed by atoms with E-state index in [4.69, 9.17) is 11.6 Å². The van der Waals surface area contributed by atoms with E-state index in [1.807, 2.05) is 0 Å². The van der Waals surface area contributed by atoms with Gasteiger partial charge in [0.25, 0.3) is 4.34 Å². The van der Waals surface area contributed by atoms with E-state index in [-0.39, 0.29) is 0 Å². The molecule has 0 bridgehead atoms. The molecule has 0 aliphatic carbocycles. The van der Waals surface area contributed by atoms with Gasteiger partial charge in [-0.1, -0.05) is 0 Å². The number of nitrogens with zero attached hydrogens (tertiary/aromatic N) is 1. The third-order valence-electron chi connectivity index (χ3n) is 0.716. The van der Waals surface area contributed by atoms with Crippen LogP contribution in [0, 0.1) is 6.92 Å². The van der Waals surface area contributed by atoms with E-state index in [1.165, 1.54) is 0 Å². The first-order valence-corrected chi connectivity index (χ1v) is 3.53. The van der Waals surface area contributed by atoms with Crippen molar-refractivity contribution < 1.29 is 4.55 Å². The maximum atomic E-state index is 10.5. The summed E-state index contributed by atoms with van der Waals surface area (Å²) in [4.78, 5) is 0. The first-order valence-electron chi connectivity index (χ1n) is 2.04. The molecule has 0 radical (unpaired) electrons. The molecule has 8 heavy (non-hydrogen) atoms. The second kappa shape index (κ2) is 2.01. The molecule has 1 aromatic heterocycles. The second-order valence-electron chi connectivity index (χ2n) is 1.43. The van der Waals surface area contributed by atoms with Gasteiger partial charge < -0.3 is 4.55 Å². The van der Waals surface area contributed by atoms with E-state index in [9.17, 15) is 4.55 Å². The molecule has 0 amide bonds. The quantitative estimate of drug-likeness (QED) is 0.527. The topological polar surface area (TPSA) is 36.0 Å². The molecule has 0 N–H and O–H groups in total. The first-order chi connectivity index (χ1) is 3.70. The number of halogens is 1. The number of rotatable bonds is 0. The Balaban J connectivity index is 3.14. The van der Waals surface area contributed by atoms with Crippen LogP contribution in [0.15, 0.2) is 6.07 Å². The Bertz CT molecular complexity index is 178. The van der Waals surface area contributed by atoms with Gasteiger partial charge in [-0.2, -0.15) is 0 Å². The molecule has 1 atom stereocenters. The van der Waals surface area contributed by atoms with Crippen LogP contribution in [0.5, 0.6) is 0 Å². The summed E-state index contributed by atoms with van der Waals surface area (Å²) >= 11 is 5.40. The number of hydrogen-bond acceptors (Lipinski definition) is 2. The van der Waals surface area contributed by atoms with Crippen LogP contribution >= 0.6 is 22.5 Å². The fourth-order valence-corrected chi connectivity index (χ4v) is 1.35. The monoisotopic (exact) mass is 149 g/mol. The summed E-state index contributed by atoms with van der Waals surface area (Å²) in [6, 6.07) is 1.59. The standard InChI is InChI=1S/C4H4ClNOS/c1-3-2-4(5)8(7)6-3/h2H,1H3. The lowest BCUT2D eigenvalue weighted by atomic mass is 10.5. The minimum Gasteiger partial charge on any atom is -0.568 e. The Kier molecular flexibility index (Phi) is 1.51. The summed E-state index contributed by atoms with van der Waals surface area (Å²) in [5.74, 6) is 0. The zero-order valence-corrected chi connectivity index (χ0v) is 5.79. The molecule has 0 fully saturated rings. The third kappa shape index (κ3) is 0.992. The molecular weight excluding hydrogens is 146 g/mol. The van der Waals surface area contributed by atoms with E-state index < -0.39 is 10.9 Å². The molecule has 1 rings (SSSR count). The Labute approximate surface area is 55.1 Å². The second-order valence-corrected chi connectivity index (χ2v) is 3.18. The summed E-state index contributed by atoms with van der Waals surface area (Å²) in [7, 11) is -1.28. The van der Waals surface area contributed by atoms with Crippen LogP contribution in [0.4, 0.5) is 0 Å². The van der Waals surface area contributed by atoms with Gasteiger partial charge in [0.05, 0.1) is 16.6 Å². The van der Waals surface area contributed by atoms with Crippen molar-refractivity contribution in [1.82, 2.24) is 4.37 Å². The zero-order valence-electron chi connectivity index (χ0n) is 4.22. The fourth-order valence-electron chi connectivity index (χ4n) is 0.415. The molecule has 1 heterocycles. The van der Waals surface area contributed by atoms with Gasteiger partial charge in [0, 0.05) is 6.07 Å². The molecule has 44 valence electrons. The van der Waals surface area contributed by atoms with E-state index in [0.29, 0.717) is 4.34 Å². The van der Waals surface area contributed by atoms with Crippen molar-refractivity contribution in [3.05, 3.63) is 16.1 Å². The van der Waals surface area contributed by atoms with Crippen molar-refractivity contribution in [3.63, 3.8) is 0 Å². The SMILES string of the molecule is Cc1cc(Cl)[s+]([O-])n1. The lowest BCUT2D eigenvalue weighted by Crippen LogP contribution is -1.62. The van der Waals surface area contributed by atoms with Gasteiger partial charge >= 0.3 is 0 Å². The molecule has 1 unspecified atom stereocenters. The predicted molar refractivity (Wildman–Crippen MR) is 32.6 cm³/mol. The minimum atomic E-state index is -1.28. The number of aryl methyl sites for hydroxylation is 1. The predicted octanol–water partition coefficient (Wildman–Crippen LogP) is 1.77. The largest absolute Gasteiger partial charge is 0.568 e. The van der Waals surface area contributed by atoms with Gasteiger partial charge in [0.15, 0.2) is 0 Å². The lowest BCUT2D eigenvalue weighted by Gasteiger charge is -1.77.